The molecule has 1 fully saturated rings. The van der Waals surface area contributed by atoms with Gasteiger partial charge in [0, 0.05) is 37.2 Å². The first-order valence-electron chi connectivity index (χ1n) is 11.3. The van der Waals surface area contributed by atoms with Gasteiger partial charge in [-0.15, -0.1) is 0 Å². The third kappa shape index (κ3) is 8.92. The number of carbonyl (C=O) groups is 3. The van der Waals surface area contributed by atoms with Crippen molar-refractivity contribution in [2.75, 3.05) is 25.1 Å². The molecular weight excluding hydrogens is 454 g/mol. The Kier molecular flexibility index (Phi) is 9.99. The molecule has 3 N–H and O–H groups in total. The Bertz CT molecular complexity index is 993. The number of benzene rings is 2. The van der Waals surface area contributed by atoms with Crippen molar-refractivity contribution < 1.29 is 23.9 Å². The molecule has 9 heteroatoms. The van der Waals surface area contributed by atoms with E-state index < -0.39 is 11.9 Å². The highest BCUT2D eigenvalue weighted by atomic mass is 32.1. The minimum absolute atomic E-state index is 0.0381. The van der Waals surface area contributed by atoms with Crippen LogP contribution in [0.2, 0.25) is 0 Å². The van der Waals surface area contributed by atoms with Gasteiger partial charge in [0.2, 0.25) is 5.91 Å². The summed E-state index contributed by atoms with van der Waals surface area (Å²) in [7, 11) is 0. The second-order valence-corrected chi connectivity index (χ2v) is 8.29. The fourth-order valence-electron chi connectivity index (χ4n) is 3.42. The summed E-state index contributed by atoms with van der Waals surface area (Å²) in [6, 6.07) is 16.5. The van der Waals surface area contributed by atoms with E-state index in [0.717, 1.165) is 25.0 Å². The summed E-state index contributed by atoms with van der Waals surface area (Å²) in [6.45, 7) is 1.47. The van der Waals surface area contributed by atoms with E-state index in [1.165, 1.54) is 0 Å². The van der Waals surface area contributed by atoms with Crippen LogP contribution in [0.15, 0.2) is 54.6 Å². The highest BCUT2D eigenvalue weighted by molar-refractivity contribution is 7.80. The third-order valence-corrected chi connectivity index (χ3v) is 5.41. The SMILES string of the molecule is O=C(CCC(=O)OCCc1ccccc1)NC(=S)Nc1cccc(C(=O)NCC2CCCO2)c1. The van der Waals surface area contributed by atoms with Gasteiger partial charge in [-0.25, -0.2) is 0 Å². The van der Waals surface area contributed by atoms with E-state index in [9.17, 15) is 14.4 Å². The van der Waals surface area contributed by atoms with Crippen LogP contribution >= 0.6 is 12.2 Å². The molecule has 1 unspecified atom stereocenters. The van der Waals surface area contributed by atoms with Gasteiger partial charge in [0.15, 0.2) is 5.11 Å². The van der Waals surface area contributed by atoms with Crippen LogP contribution in [0.4, 0.5) is 5.69 Å². The number of hydrogen-bond acceptors (Lipinski definition) is 6. The summed E-state index contributed by atoms with van der Waals surface area (Å²) in [4.78, 5) is 36.3. The fourth-order valence-corrected chi connectivity index (χ4v) is 3.65. The van der Waals surface area contributed by atoms with Gasteiger partial charge in [-0.05, 0) is 48.8 Å². The first kappa shape index (κ1) is 25.3. The molecule has 2 aromatic carbocycles. The zero-order valence-corrected chi connectivity index (χ0v) is 19.7. The van der Waals surface area contributed by atoms with Gasteiger partial charge in [-0.2, -0.15) is 0 Å². The minimum Gasteiger partial charge on any atom is -0.465 e. The molecule has 2 aromatic rings. The number of rotatable bonds is 10. The lowest BCUT2D eigenvalue weighted by atomic mass is 10.1. The van der Waals surface area contributed by atoms with Gasteiger partial charge < -0.3 is 25.4 Å². The van der Waals surface area contributed by atoms with E-state index in [2.05, 4.69) is 16.0 Å². The molecule has 0 spiro atoms. The molecule has 34 heavy (non-hydrogen) atoms. The molecule has 2 amide bonds. The molecule has 0 bridgehead atoms. The molecule has 0 radical (unpaired) electrons. The maximum Gasteiger partial charge on any atom is 0.306 e. The summed E-state index contributed by atoms with van der Waals surface area (Å²) in [6.07, 6.45) is 2.56. The second-order valence-electron chi connectivity index (χ2n) is 7.88. The summed E-state index contributed by atoms with van der Waals surface area (Å²) in [5, 5.41) is 8.37. The number of hydrogen-bond donors (Lipinski definition) is 3. The van der Waals surface area contributed by atoms with Crippen molar-refractivity contribution in [1.29, 1.82) is 0 Å². The van der Waals surface area contributed by atoms with E-state index in [1.807, 2.05) is 30.3 Å². The summed E-state index contributed by atoms with van der Waals surface area (Å²) in [5.41, 5.74) is 2.11. The third-order valence-electron chi connectivity index (χ3n) is 5.20. The number of anilines is 1. The van der Waals surface area contributed by atoms with Gasteiger partial charge in [-0.3, -0.25) is 14.4 Å². The maximum atomic E-state index is 12.4. The van der Waals surface area contributed by atoms with Gasteiger partial charge >= 0.3 is 5.97 Å². The minimum atomic E-state index is -0.438. The first-order chi connectivity index (χ1) is 16.5. The molecule has 8 nitrogen and oxygen atoms in total. The van der Waals surface area contributed by atoms with Crippen LogP contribution in [0.25, 0.3) is 0 Å². The largest absolute Gasteiger partial charge is 0.465 e. The molecule has 1 aliphatic rings. The molecule has 3 rings (SSSR count). The number of amides is 2. The molecule has 180 valence electrons. The Balaban J connectivity index is 1.34. The number of esters is 1. The van der Waals surface area contributed by atoms with Crippen LogP contribution in [-0.4, -0.2) is 48.8 Å². The predicted octanol–water partition coefficient (Wildman–Crippen LogP) is 2.97. The lowest BCUT2D eigenvalue weighted by Gasteiger charge is -2.12. The van der Waals surface area contributed by atoms with Gasteiger partial charge in [0.25, 0.3) is 5.91 Å². The first-order valence-corrected chi connectivity index (χ1v) is 11.7. The van der Waals surface area contributed by atoms with Crippen LogP contribution in [0.3, 0.4) is 0 Å². The monoisotopic (exact) mass is 483 g/mol. The van der Waals surface area contributed by atoms with Gasteiger partial charge in [-0.1, -0.05) is 36.4 Å². The van der Waals surface area contributed by atoms with Crippen LogP contribution in [0.1, 0.15) is 41.6 Å². The second kappa shape index (κ2) is 13.4. The van der Waals surface area contributed by atoms with E-state index in [0.29, 0.717) is 24.2 Å². The Labute approximate surface area is 204 Å². The summed E-state index contributed by atoms with van der Waals surface area (Å²) >= 11 is 5.17. The quantitative estimate of drug-likeness (QED) is 0.352. The van der Waals surface area contributed by atoms with Crippen molar-refractivity contribution >= 4 is 40.8 Å². The summed E-state index contributed by atoms with van der Waals surface area (Å²) < 4.78 is 10.7. The van der Waals surface area contributed by atoms with Crippen LogP contribution in [-0.2, 0) is 25.5 Å². The molecule has 1 aliphatic heterocycles. The molecule has 1 saturated heterocycles. The van der Waals surface area contributed by atoms with Crippen molar-refractivity contribution in [2.45, 2.75) is 38.2 Å². The van der Waals surface area contributed by atoms with Crippen molar-refractivity contribution in [3.05, 3.63) is 65.7 Å². The average Bonchev–Trinajstić information content (AvgIpc) is 3.36. The molecule has 0 aromatic heterocycles. The number of nitrogens with one attached hydrogen (secondary N) is 3. The van der Waals surface area contributed by atoms with Crippen molar-refractivity contribution in [2.24, 2.45) is 0 Å². The number of ether oxygens (including phenoxy) is 2. The van der Waals surface area contributed by atoms with Crippen LogP contribution in [0.5, 0.6) is 0 Å². The maximum absolute atomic E-state index is 12.4. The van der Waals surface area contributed by atoms with Crippen molar-refractivity contribution in [1.82, 2.24) is 10.6 Å². The van der Waals surface area contributed by atoms with E-state index >= 15 is 0 Å². The highest BCUT2D eigenvalue weighted by Gasteiger charge is 2.17. The standard InChI is InChI=1S/C25H29N3O5S/c29-22(11-12-23(30)33-15-13-18-6-2-1-3-7-18)28-25(34)27-20-9-4-8-19(16-20)24(31)26-17-21-10-5-14-32-21/h1-4,6-9,16,21H,5,10-15,17H2,(H,26,31)(H2,27,28,29,34). The van der Waals surface area contributed by atoms with E-state index in [1.54, 1.807) is 24.3 Å². The lowest BCUT2D eigenvalue weighted by molar-refractivity contribution is -0.144. The summed E-state index contributed by atoms with van der Waals surface area (Å²) in [5.74, 6) is -1.05. The molecule has 1 heterocycles. The molecule has 0 aliphatic carbocycles. The van der Waals surface area contributed by atoms with Crippen molar-refractivity contribution in [3.63, 3.8) is 0 Å². The fraction of sp³-hybridized carbons (Fsp3) is 0.360. The average molecular weight is 484 g/mol. The molecule has 0 saturated carbocycles. The van der Waals surface area contributed by atoms with Gasteiger partial charge in [0.1, 0.15) is 0 Å². The number of thiocarbonyl (C=S) groups is 1. The molecular formula is C25H29N3O5S. The number of carbonyl (C=O) groups excluding carboxylic acids is 3. The zero-order valence-electron chi connectivity index (χ0n) is 18.9. The van der Waals surface area contributed by atoms with Gasteiger partial charge in [0.05, 0.1) is 19.1 Å². The molecule has 1 atom stereocenters. The topological polar surface area (TPSA) is 106 Å². The van der Waals surface area contributed by atoms with E-state index in [4.69, 9.17) is 21.7 Å². The van der Waals surface area contributed by atoms with Crippen molar-refractivity contribution in [3.8, 4) is 0 Å². The Morgan fingerprint density at radius 2 is 1.88 bits per heavy atom. The van der Waals surface area contributed by atoms with Crippen LogP contribution < -0.4 is 16.0 Å². The predicted molar refractivity (Wildman–Crippen MR) is 132 cm³/mol. The smallest absolute Gasteiger partial charge is 0.306 e. The Hall–Kier alpha value is -3.30. The Morgan fingerprint density at radius 1 is 1.06 bits per heavy atom. The lowest BCUT2D eigenvalue weighted by Crippen LogP contribution is -2.34. The zero-order chi connectivity index (χ0) is 24.2. The van der Waals surface area contributed by atoms with Crippen LogP contribution in [0, 0.1) is 0 Å². The normalized spacial score (nSPS) is 14.8. The highest BCUT2D eigenvalue weighted by Crippen LogP contribution is 2.13. The Morgan fingerprint density at radius 3 is 2.65 bits per heavy atom. The van der Waals surface area contributed by atoms with E-state index in [-0.39, 0.29) is 36.6 Å².